The second kappa shape index (κ2) is 8.60. The Labute approximate surface area is 160 Å². The molecule has 0 unspecified atom stereocenters. The minimum Gasteiger partial charge on any atom is -0.352 e. The molecule has 132 valence electrons. The van der Waals surface area contributed by atoms with E-state index in [4.69, 9.17) is 11.6 Å². The molecule has 0 fully saturated rings. The van der Waals surface area contributed by atoms with Gasteiger partial charge in [-0.15, -0.1) is 11.3 Å². The van der Waals surface area contributed by atoms with Crippen molar-refractivity contribution in [3.8, 4) is 0 Å². The summed E-state index contributed by atoms with van der Waals surface area (Å²) in [5, 5.41) is 7.78. The van der Waals surface area contributed by atoms with E-state index in [9.17, 15) is 9.59 Å². The van der Waals surface area contributed by atoms with E-state index >= 15 is 0 Å². The van der Waals surface area contributed by atoms with Crippen molar-refractivity contribution in [1.82, 2.24) is 10.3 Å². The number of halogens is 1. The van der Waals surface area contributed by atoms with Gasteiger partial charge in [-0.3, -0.25) is 14.6 Å². The molecule has 3 rings (SSSR count). The number of rotatable bonds is 6. The fourth-order valence-electron chi connectivity index (χ4n) is 2.31. The number of nitrogens with zero attached hydrogens (tertiary/aromatic N) is 1. The number of thiophene rings is 1. The third-order valence-electron chi connectivity index (χ3n) is 3.61. The van der Waals surface area contributed by atoms with Gasteiger partial charge in [-0.05, 0) is 41.8 Å². The van der Waals surface area contributed by atoms with Gasteiger partial charge in [0.05, 0.1) is 15.6 Å². The first-order chi connectivity index (χ1) is 12.6. The average molecular weight is 386 g/mol. The van der Waals surface area contributed by atoms with E-state index in [-0.39, 0.29) is 11.8 Å². The maximum Gasteiger partial charge on any atom is 0.265 e. The van der Waals surface area contributed by atoms with E-state index in [1.54, 1.807) is 36.5 Å². The number of carbonyl (C=O) groups is 2. The summed E-state index contributed by atoms with van der Waals surface area (Å²) < 4.78 is 0. The van der Waals surface area contributed by atoms with Gasteiger partial charge >= 0.3 is 0 Å². The number of carbonyl (C=O) groups excluding carboxylic acids is 2. The molecule has 0 aliphatic heterocycles. The van der Waals surface area contributed by atoms with Crippen LogP contribution in [0.1, 0.15) is 25.7 Å². The molecule has 0 radical (unpaired) electrons. The Balaban J connectivity index is 1.62. The second-order valence-corrected chi connectivity index (χ2v) is 6.81. The maximum absolute atomic E-state index is 12.3. The van der Waals surface area contributed by atoms with Crippen molar-refractivity contribution >= 4 is 40.4 Å². The van der Waals surface area contributed by atoms with Crippen LogP contribution in [-0.4, -0.2) is 23.3 Å². The first-order valence-electron chi connectivity index (χ1n) is 7.96. The Kier molecular flexibility index (Phi) is 5.99. The van der Waals surface area contributed by atoms with Crippen LogP contribution in [0.2, 0.25) is 5.02 Å². The number of anilines is 1. The van der Waals surface area contributed by atoms with E-state index in [0.717, 1.165) is 5.69 Å². The molecule has 0 saturated heterocycles. The first kappa shape index (κ1) is 18.1. The van der Waals surface area contributed by atoms with E-state index in [1.165, 1.54) is 11.3 Å². The molecule has 2 aromatic heterocycles. The van der Waals surface area contributed by atoms with Crippen molar-refractivity contribution in [2.75, 3.05) is 11.9 Å². The number of hydrogen-bond donors (Lipinski definition) is 2. The Bertz CT molecular complexity index is 898. The third-order valence-corrected chi connectivity index (χ3v) is 4.81. The van der Waals surface area contributed by atoms with E-state index in [1.807, 2.05) is 23.6 Å². The molecule has 0 saturated carbocycles. The van der Waals surface area contributed by atoms with Crippen molar-refractivity contribution in [1.29, 1.82) is 0 Å². The van der Waals surface area contributed by atoms with Crippen LogP contribution in [0.25, 0.3) is 0 Å². The highest BCUT2D eigenvalue weighted by Crippen LogP contribution is 2.24. The smallest absolute Gasteiger partial charge is 0.265 e. The molecule has 1 aromatic carbocycles. The number of amides is 2. The fraction of sp³-hybridized carbons (Fsp3) is 0.105. The molecule has 3 aromatic rings. The quantitative estimate of drug-likeness (QED) is 0.673. The predicted molar refractivity (Wildman–Crippen MR) is 104 cm³/mol. The van der Waals surface area contributed by atoms with E-state index in [0.29, 0.717) is 34.1 Å². The summed E-state index contributed by atoms with van der Waals surface area (Å²) in [5.41, 5.74) is 1.74. The second-order valence-electron chi connectivity index (χ2n) is 5.45. The van der Waals surface area contributed by atoms with Gasteiger partial charge < -0.3 is 10.6 Å². The van der Waals surface area contributed by atoms with Gasteiger partial charge in [0, 0.05) is 30.4 Å². The molecule has 0 spiro atoms. The molecule has 7 heteroatoms. The Morgan fingerprint density at radius 2 is 1.96 bits per heavy atom. The number of pyridine rings is 1. The van der Waals surface area contributed by atoms with Gasteiger partial charge in [0.1, 0.15) is 0 Å². The van der Waals surface area contributed by atoms with Gasteiger partial charge in [-0.2, -0.15) is 0 Å². The molecule has 26 heavy (non-hydrogen) atoms. The summed E-state index contributed by atoms with van der Waals surface area (Å²) in [5.74, 6) is -0.487. The number of aromatic nitrogens is 1. The monoisotopic (exact) mass is 385 g/mol. The van der Waals surface area contributed by atoms with Crippen LogP contribution in [0.4, 0.5) is 5.69 Å². The topological polar surface area (TPSA) is 71.1 Å². The molecule has 2 N–H and O–H groups in total. The van der Waals surface area contributed by atoms with Gasteiger partial charge in [-0.1, -0.05) is 23.7 Å². The highest BCUT2D eigenvalue weighted by Gasteiger charge is 2.12. The predicted octanol–water partition coefficient (Wildman–Crippen LogP) is 4.02. The third kappa shape index (κ3) is 4.68. The van der Waals surface area contributed by atoms with Crippen LogP contribution >= 0.6 is 22.9 Å². The summed E-state index contributed by atoms with van der Waals surface area (Å²) in [6.45, 7) is 0.468. The number of nitrogens with one attached hydrogen (secondary N) is 2. The van der Waals surface area contributed by atoms with Crippen LogP contribution in [0.3, 0.4) is 0 Å². The molecular weight excluding hydrogens is 370 g/mol. The van der Waals surface area contributed by atoms with Crippen molar-refractivity contribution in [2.24, 2.45) is 0 Å². The molecule has 0 aliphatic carbocycles. The summed E-state index contributed by atoms with van der Waals surface area (Å²) in [6.07, 6.45) is 2.36. The van der Waals surface area contributed by atoms with E-state index in [2.05, 4.69) is 15.6 Å². The van der Waals surface area contributed by atoms with Crippen molar-refractivity contribution < 1.29 is 9.59 Å². The lowest BCUT2D eigenvalue weighted by atomic mass is 10.1. The zero-order chi connectivity index (χ0) is 18.4. The van der Waals surface area contributed by atoms with Crippen LogP contribution in [-0.2, 0) is 6.42 Å². The molecule has 2 heterocycles. The minimum atomic E-state index is -0.255. The van der Waals surface area contributed by atoms with Crippen LogP contribution < -0.4 is 10.6 Å². The van der Waals surface area contributed by atoms with Crippen molar-refractivity contribution in [2.45, 2.75) is 6.42 Å². The van der Waals surface area contributed by atoms with Crippen molar-refractivity contribution in [3.05, 3.63) is 81.3 Å². The normalized spacial score (nSPS) is 10.3. The van der Waals surface area contributed by atoms with Crippen LogP contribution in [0, 0.1) is 0 Å². The van der Waals surface area contributed by atoms with Gasteiger partial charge in [-0.25, -0.2) is 0 Å². The summed E-state index contributed by atoms with van der Waals surface area (Å²) in [7, 11) is 0. The SMILES string of the molecule is O=C(NCCc1ccccn1)c1ccc(Cl)c(NC(=O)c2cccs2)c1. The highest BCUT2D eigenvalue weighted by molar-refractivity contribution is 7.12. The van der Waals surface area contributed by atoms with Gasteiger partial charge in [0.2, 0.25) is 0 Å². The van der Waals surface area contributed by atoms with Crippen LogP contribution in [0.5, 0.6) is 0 Å². The molecule has 0 aliphatic rings. The maximum atomic E-state index is 12.3. The molecule has 5 nitrogen and oxygen atoms in total. The number of hydrogen-bond acceptors (Lipinski definition) is 4. The first-order valence-corrected chi connectivity index (χ1v) is 9.22. The highest BCUT2D eigenvalue weighted by atomic mass is 35.5. The minimum absolute atomic E-state index is 0.232. The zero-order valence-corrected chi connectivity index (χ0v) is 15.3. The lowest BCUT2D eigenvalue weighted by molar-refractivity contribution is 0.0952. The fourth-order valence-corrected chi connectivity index (χ4v) is 3.09. The molecule has 2 amide bonds. The van der Waals surface area contributed by atoms with Crippen LogP contribution in [0.15, 0.2) is 60.1 Å². The molecular formula is C19H16ClN3O2S. The Morgan fingerprint density at radius 1 is 1.08 bits per heavy atom. The van der Waals surface area contributed by atoms with Gasteiger partial charge in [0.25, 0.3) is 11.8 Å². The van der Waals surface area contributed by atoms with Gasteiger partial charge in [0.15, 0.2) is 0 Å². The standard InChI is InChI=1S/C19H16ClN3O2S/c20-15-7-6-13(12-16(15)23-19(25)17-5-3-11-26-17)18(24)22-10-8-14-4-1-2-9-21-14/h1-7,9,11-12H,8,10H2,(H,22,24)(H,23,25). The number of benzene rings is 1. The lowest BCUT2D eigenvalue weighted by Crippen LogP contribution is -2.26. The Hall–Kier alpha value is -2.70. The average Bonchev–Trinajstić information content (AvgIpc) is 3.19. The zero-order valence-electron chi connectivity index (χ0n) is 13.7. The summed E-state index contributed by atoms with van der Waals surface area (Å²) in [6, 6.07) is 14.0. The van der Waals surface area contributed by atoms with Crippen molar-refractivity contribution in [3.63, 3.8) is 0 Å². The summed E-state index contributed by atoms with van der Waals surface area (Å²) in [4.78, 5) is 29.3. The van der Waals surface area contributed by atoms with E-state index < -0.39 is 0 Å². The summed E-state index contributed by atoms with van der Waals surface area (Å²) >= 11 is 7.47. The molecule has 0 atom stereocenters. The Morgan fingerprint density at radius 3 is 2.69 bits per heavy atom. The molecule has 0 bridgehead atoms. The lowest BCUT2D eigenvalue weighted by Gasteiger charge is -2.09. The largest absolute Gasteiger partial charge is 0.352 e.